The number of hydrogen-bond donors (Lipinski definition) is 1. The number of carbonyl (C=O) groups excluding carboxylic acids is 2. The van der Waals surface area contributed by atoms with E-state index in [0.29, 0.717) is 28.6 Å². The van der Waals surface area contributed by atoms with E-state index in [-0.39, 0.29) is 17.9 Å². The lowest BCUT2D eigenvalue weighted by Gasteiger charge is -2.29. The molecular formula is C28H27ClN2O2S. The van der Waals surface area contributed by atoms with Crippen molar-refractivity contribution in [3.05, 3.63) is 88.4 Å². The zero-order valence-electron chi connectivity index (χ0n) is 19.1. The standard InChI is InChI=1S/C28H27ClN2O2S/c1-18-7-2-4-11-23(18)30-27(32)20-13-14-26-24(16-20)31(17-19-8-6-9-21(29)15-19)28(33)22-10-3-5-12-25(22)34-26/h3,5-6,8-10,12-16,18,23H,2,4,7,11,17H2,1H3,(H,30,32)/t18-,23+/m0/s1. The number of anilines is 1. The summed E-state index contributed by atoms with van der Waals surface area (Å²) in [7, 11) is 0. The Morgan fingerprint density at radius 2 is 1.85 bits per heavy atom. The van der Waals surface area contributed by atoms with Crippen molar-refractivity contribution in [2.75, 3.05) is 4.90 Å². The van der Waals surface area contributed by atoms with Crippen LogP contribution in [0.25, 0.3) is 0 Å². The van der Waals surface area contributed by atoms with Crippen molar-refractivity contribution in [3.8, 4) is 0 Å². The number of hydrogen-bond acceptors (Lipinski definition) is 3. The zero-order valence-corrected chi connectivity index (χ0v) is 20.7. The van der Waals surface area contributed by atoms with Gasteiger partial charge in [0.1, 0.15) is 0 Å². The van der Waals surface area contributed by atoms with Crippen molar-refractivity contribution in [2.24, 2.45) is 5.92 Å². The smallest absolute Gasteiger partial charge is 0.259 e. The van der Waals surface area contributed by atoms with E-state index in [2.05, 4.69) is 12.2 Å². The summed E-state index contributed by atoms with van der Waals surface area (Å²) in [5.41, 5.74) is 2.91. The van der Waals surface area contributed by atoms with Gasteiger partial charge in [-0.15, -0.1) is 0 Å². The van der Waals surface area contributed by atoms with Crippen molar-refractivity contribution in [1.29, 1.82) is 0 Å². The Balaban J connectivity index is 1.52. The van der Waals surface area contributed by atoms with E-state index in [1.807, 2.05) is 66.7 Å². The molecule has 174 valence electrons. The Hall–Kier alpha value is -2.76. The van der Waals surface area contributed by atoms with Gasteiger partial charge in [0, 0.05) is 26.4 Å². The molecule has 0 saturated heterocycles. The molecule has 1 N–H and O–H groups in total. The second kappa shape index (κ2) is 9.85. The fourth-order valence-electron chi connectivity index (χ4n) is 4.82. The van der Waals surface area contributed by atoms with Gasteiger partial charge in [-0.3, -0.25) is 9.59 Å². The number of nitrogens with zero attached hydrogens (tertiary/aromatic N) is 1. The van der Waals surface area contributed by atoms with Gasteiger partial charge in [-0.05, 0) is 66.8 Å². The van der Waals surface area contributed by atoms with Gasteiger partial charge in [0.25, 0.3) is 11.8 Å². The highest BCUT2D eigenvalue weighted by atomic mass is 35.5. The van der Waals surface area contributed by atoms with Crippen LogP contribution in [0.15, 0.2) is 76.5 Å². The highest BCUT2D eigenvalue weighted by Gasteiger charge is 2.29. The maximum atomic E-state index is 13.7. The molecule has 0 unspecified atom stereocenters. The summed E-state index contributed by atoms with van der Waals surface area (Å²) in [6, 6.07) is 21.1. The summed E-state index contributed by atoms with van der Waals surface area (Å²) < 4.78 is 0. The van der Waals surface area contributed by atoms with Gasteiger partial charge in [-0.2, -0.15) is 0 Å². The number of nitrogens with one attached hydrogen (secondary N) is 1. The monoisotopic (exact) mass is 490 g/mol. The minimum Gasteiger partial charge on any atom is -0.349 e. The molecule has 1 saturated carbocycles. The first-order valence-electron chi connectivity index (χ1n) is 11.8. The van der Waals surface area contributed by atoms with Crippen molar-refractivity contribution in [1.82, 2.24) is 5.32 Å². The third-order valence-corrected chi connectivity index (χ3v) is 8.13. The first kappa shape index (κ1) is 23.0. The average Bonchev–Trinajstić information content (AvgIpc) is 2.95. The molecule has 1 heterocycles. The number of amides is 2. The summed E-state index contributed by atoms with van der Waals surface area (Å²) in [4.78, 5) is 30.5. The van der Waals surface area contributed by atoms with Gasteiger partial charge in [-0.1, -0.05) is 67.4 Å². The number of fused-ring (bicyclic) bond motifs is 2. The molecule has 1 fully saturated rings. The lowest BCUT2D eigenvalue weighted by Crippen LogP contribution is -2.41. The maximum absolute atomic E-state index is 13.7. The largest absolute Gasteiger partial charge is 0.349 e. The second-order valence-corrected chi connectivity index (χ2v) is 10.7. The predicted molar refractivity (Wildman–Crippen MR) is 138 cm³/mol. The molecule has 2 amide bonds. The molecule has 4 nitrogen and oxygen atoms in total. The van der Waals surface area contributed by atoms with Crippen molar-refractivity contribution in [3.63, 3.8) is 0 Å². The number of rotatable bonds is 4. The van der Waals surface area contributed by atoms with Gasteiger partial charge < -0.3 is 10.2 Å². The maximum Gasteiger partial charge on any atom is 0.259 e. The van der Waals surface area contributed by atoms with E-state index >= 15 is 0 Å². The fraction of sp³-hybridized carbons (Fsp3) is 0.286. The highest BCUT2D eigenvalue weighted by molar-refractivity contribution is 7.99. The van der Waals surface area contributed by atoms with Crippen LogP contribution in [-0.4, -0.2) is 17.9 Å². The van der Waals surface area contributed by atoms with Gasteiger partial charge >= 0.3 is 0 Å². The van der Waals surface area contributed by atoms with Gasteiger partial charge in [0.05, 0.1) is 17.8 Å². The number of benzene rings is 3. The molecule has 5 rings (SSSR count). The van der Waals surface area contributed by atoms with Crippen LogP contribution in [0.1, 0.15) is 58.9 Å². The Labute approximate surface area is 209 Å². The summed E-state index contributed by atoms with van der Waals surface area (Å²) in [6.07, 6.45) is 4.54. The van der Waals surface area contributed by atoms with Crippen LogP contribution in [0, 0.1) is 5.92 Å². The number of halogens is 1. The first-order valence-corrected chi connectivity index (χ1v) is 13.0. The highest BCUT2D eigenvalue weighted by Crippen LogP contribution is 2.42. The number of carbonyl (C=O) groups is 2. The average molecular weight is 491 g/mol. The van der Waals surface area contributed by atoms with E-state index in [4.69, 9.17) is 11.6 Å². The third kappa shape index (κ3) is 4.73. The SMILES string of the molecule is C[C@H]1CCCC[C@H]1NC(=O)c1ccc2c(c1)N(Cc1cccc(Cl)c1)C(=O)c1ccccc1S2. The first-order chi connectivity index (χ1) is 16.5. The molecular weight excluding hydrogens is 464 g/mol. The Kier molecular flexibility index (Phi) is 6.66. The summed E-state index contributed by atoms with van der Waals surface area (Å²) in [5, 5.41) is 3.87. The zero-order chi connectivity index (χ0) is 23.7. The van der Waals surface area contributed by atoms with Crippen LogP contribution in [0.5, 0.6) is 0 Å². The van der Waals surface area contributed by atoms with E-state index in [9.17, 15) is 9.59 Å². The van der Waals surface area contributed by atoms with E-state index in [0.717, 1.165) is 40.3 Å². The molecule has 1 aliphatic carbocycles. The lowest BCUT2D eigenvalue weighted by atomic mass is 9.86. The third-order valence-electron chi connectivity index (χ3n) is 6.75. The van der Waals surface area contributed by atoms with Crippen LogP contribution in [0.3, 0.4) is 0 Å². The van der Waals surface area contributed by atoms with Crippen molar-refractivity contribution < 1.29 is 9.59 Å². The molecule has 2 aliphatic rings. The van der Waals surface area contributed by atoms with Crippen molar-refractivity contribution in [2.45, 2.75) is 55.0 Å². The Morgan fingerprint density at radius 1 is 1.03 bits per heavy atom. The second-order valence-electron chi connectivity index (χ2n) is 9.14. The molecule has 6 heteroatoms. The Bertz CT molecular complexity index is 1240. The van der Waals surface area contributed by atoms with Crippen LogP contribution in [0.2, 0.25) is 5.02 Å². The fourth-order valence-corrected chi connectivity index (χ4v) is 6.09. The molecule has 34 heavy (non-hydrogen) atoms. The van der Waals surface area contributed by atoms with E-state index in [1.54, 1.807) is 16.7 Å². The normalized spacial score (nSPS) is 19.7. The quantitative estimate of drug-likeness (QED) is 0.430. The van der Waals surface area contributed by atoms with Crippen LogP contribution < -0.4 is 10.2 Å². The molecule has 1 aliphatic heterocycles. The van der Waals surface area contributed by atoms with E-state index < -0.39 is 0 Å². The van der Waals surface area contributed by atoms with Crippen LogP contribution >= 0.6 is 23.4 Å². The van der Waals surface area contributed by atoms with E-state index in [1.165, 1.54) is 6.42 Å². The molecule has 3 aromatic rings. The molecule has 0 spiro atoms. The van der Waals surface area contributed by atoms with Crippen LogP contribution in [0.4, 0.5) is 5.69 Å². The minimum atomic E-state index is -0.0831. The predicted octanol–water partition coefficient (Wildman–Crippen LogP) is 6.96. The molecule has 3 aromatic carbocycles. The summed E-state index contributed by atoms with van der Waals surface area (Å²) in [5.74, 6) is 0.313. The molecule has 0 bridgehead atoms. The van der Waals surface area contributed by atoms with Gasteiger partial charge in [0.15, 0.2) is 0 Å². The summed E-state index contributed by atoms with van der Waals surface area (Å²) in [6.45, 7) is 2.58. The summed E-state index contributed by atoms with van der Waals surface area (Å²) >= 11 is 7.78. The van der Waals surface area contributed by atoms with Gasteiger partial charge in [0.2, 0.25) is 0 Å². The molecule has 2 atom stereocenters. The topological polar surface area (TPSA) is 49.4 Å². The molecule has 0 aromatic heterocycles. The molecule has 0 radical (unpaired) electrons. The van der Waals surface area contributed by atoms with Crippen LogP contribution in [-0.2, 0) is 6.54 Å². The minimum absolute atomic E-state index is 0.0801. The lowest BCUT2D eigenvalue weighted by molar-refractivity contribution is 0.0908. The van der Waals surface area contributed by atoms with Gasteiger partial charge in [-0.25, -0.2) is 0 Å². The Morgan fingerprint density at radius 3 is 2.68 bits per heavy atom. The van der Waals surface area contributed by atoms with Crippen molar-refractivity contribution >= 4 is 40.9 Å².